The lowest BCUT2D eigenvalue weighted by Gasteiger charge is -2.32. The van der Waals surface area contributed by atoms with Crippen LogP contribution in [0.5, 0.6) is 0 Å². The molecule has 15 rings (SSSR count). The Bertz CT molecular complexity index is 4080. The second kappa shape index (κ2) is 10.7. The van der Waals surface area contributed by atoms with E-state index >= 15 is 0 Å². The molecule has 0 spiro atoms. The molecule has 0 fully saturated rings. The molecule has 280 valence electrons. The molecule has 60 heavy (non-hydrogen) atoms. The van der Waals surface area contributed by atoms with Gasteiger partial charge in [-0.3, -0.25) is 0 Å². The SMILES string of the molecule is CC1(C)c2ccccc2-c2ccc(C3=Nc4c(c5ccccc5c5ccccc45)NC3n3c4ccc5sc6ccc7c8ccccc8n8c9cccc3c9c4c5c6c78)cc21. The molecule has 5 heteroatoms. The average Bonchev–Trinajstić information content (AvgIpc) is 3.98. The highest BCUT2D eigenvalue weighted by Gasteiger charge is 2.38. The summed E-state index contributed by atoms with van der Waals surface area (Å²) in [5.74, 6) is 0. The summed E-state index contributed by atoms with van der Waals surface area (Å²) in [7, 11) is 0. The third-order valence-electron chi connectivity index (χ3n) is 14.3. The van der Waals surface area contributed by atoms with Crippen LogP contribution in [0.3, 0.4) is 0 Å². The predicted octanol–water partition coefficient (Wildman–Crippen LogP) is 15.0. The van der Waals surface area contributed by atoms with Crippen LogP contribution in [0, 0.1) is 0 Å². The third kappa shape index (κ3) is 3.65. The largest absolute Gasteiger partial charge is 0.358 e. The zero-order valence-electron chi connectivity index (χ0n) is 32.8. The number of rotatable bonds is 2. The molecule has 0 amide bonds. The number of fused-ring (bicyclic) bond motifs is 13. The highest BCUT2D eigenvalue weighted by atomic mass is 32.1. The van der Waals surface area contributed by atoms with Gasteiger partial charge in [0.1, 0.15) is 6.17 Å². The number of aliphatic imine (C=N–C) groups is 1. The van der Waals surface area contributed by atoms with E-state index in [9.17, 15) is 0 Å². The van der Waals surface area contributed by atoms with Gasteiger partial charge in [-0.15, -0.1) is 11.3 Å². The summed E-state index contributed by atoms with van der Waals surface area (Å²) in [6.07, 6.45) is -0.315. The first-order chi connectivity index (χ1) is 29.5. The number of aromatic nitrogens is 2. The second-order valence-electron chi connectivity index (χ2n) is 17.5. The molecule has 4 nitrogen and oxygen atoms in total. The first-order valence-electron chi connectivity index (χ1n) is 20.9. The average molecular weight is 783 g/mol. The van der Waals surface area contributed by atoms with Crippen LogP contribution in [-0.2, 0) is 5.41 Å². The van der Waals surface area contributed by atoms with Crippen LogP contribution >= 0.6 is 11.3 Å². The van der Waals surface area contributed by atoms with E-state index in [1.807, 2.05) is 11.3 Å². The molecule has 1 aliphatic heterocycles. The Morgan fingerprint density at radius 2 is 1.18 bits per heavy atom. The third-order valence-corrected chi connectivity index (χ3v) is 15.4. The number of nitrogens with one attached hydrogen (secondary N) is 1. The van der Waals surface area contributed by atoms with Crippen molar-refractivity contribution in [3.8, 4) is 11.1 Å². The minimum absolute atomic E-state index is 0.145. The zero-order chi connectivity index (χ0) is 39.2. The van der Waals surface area contributed by atoms with Crippen LogP contribution in [0.4, 0.5) is 11.4 Å². The van der Waals surface area contributed by atoms with Gasteiger partial charge in [0.05, 0.1) is 44.7 Å². The molecule has 9 aromatic carbocycles. The maximum Gasteiger partial charge on any atom is 0.148 e. The number of para-hydroxylation sites is 1. The van der Waals surface area contributed by atoms with Gasteiger partial charge in [-0.25, -0.2) is 4.99 Å². The van der Waals surface area contributed by atoms with E-state index < -0.39 is 0 Å². The fourth-order valence-electron chi connectivity index (χ4n) is 11.7. The summed E-state index contributed by atoms with van der Waals surface area (Å²) < 4.78 is 7.79. The number of hydrogen-bond acceptors (Lipinski definition) is 3. The van der Waals surface area contributed by atoms with Gasteiger partial charge < -0.3 is 14.3 Å². The Morgan fingerprint density at radius 3 is 2.07 bits per heavy atom. The van der Waals surface area contributed by atoms with Gasteiger partial charge >= 0.3 is 0 Å². The molecule has 1 N–H and O–H groups in total. The molecule has 0 saturated carbocycles. The van der Waals surface area contributed by atoms with E-state index in [-0.39, 0.29) is 11.6 Å². The van der Waals surface area contributed by atoms with E-state index in [1.54, 1.807) is 0 Å². The smallest absolute Gasteiger partial charge is 0.148 e. The first-order valence-corrected chi connectivity index (χ1v) is 21.7. The number of anilines is 1. The van der Waals surface area contributed by atoms with Crippen molar-refractivity contribution in [1.82, 2.24) is 8.97 Å². The van der Waals surface area contributed by atoms with E-state index in [0.717, 1.165) is 28.0 Å². The molecule has 13 aromatic rings. The Labute approximate surface area is 347 Å². The Hall–Kier alpha value is -7.21. The van der Waals surface area contributed by atoms with Gasteiger partial charge in [-0.1, -0.05) is 129 Å². The van der Waals surface area contributed by atoms with Crippen LogP contribution < -0.4 is 5.32 Å². The summed E-state index contributed by atoms with van der Waals surface area (Å²) in [5.41, 5.74) is 15.6. The van der Waals surface area contributed by atoms with Gasteiger partial charge in [-0.05, 0) is 75.5 Å². The first kappa shape index (κ1) is 31.7. The van der Waals surface area contributed by atoms with Crippen LogP contribution in [0.25, 0.3) is 102 Å². The van der Waals surface area contributed by atoms with Gasteiger partial charge in [0.25, 0.3) is 0 Å². The minimum Gasteiger partial charge on any atom is -0.358 e. The van der Waals surface area contributed by atoms with Crippen molar-refractivity contribution in [2.75, 3.05) is 5.32 Å². The van der Waals surface area contributed by atoms with Crippen molar-refractivity contribution in [2.24, 2.45) is 4.99 Å². The van der Waals surface area contributed by atoms with Gasteiger partial charge in [0, 0.05) is 63.5 Å². The maximum atomic E-state index is 5.90. The molecule has 4 aromatic heterocycles. The lowest BCUT2D eigenvalue weighted by molar-refractivity contribution is 0.660. The molecule has 5 heterocycles. The number of hydrogen-bond donors (Lipinski definition) is 1. The van der Waals surface area contributed by atoms with Crippen LogP contribution in [0.1, 0.15) is 36.7 Å². The van der Waals surface area contributed by atoms with Crippen LogP contribution in [0.2, 0.25) is 0 Å². The van der Waals surface area contributed by atoms with Crippen molar-refractivity contribution in [2.45, 2.75) is 25.4 Å². The number of benzene rings is 9. The van der Waals surface area contributed by atoms with Crippen LogP contribution in [0.15, 0.2) is 163 Å². The summed E-state index contributed by atoms with van der Waals surface area (Å²) in [6, 6.07) is 58.9. The summed E-state index contributed by atoms with van der Waals surface area (Å²) in [4.78, 5) is 5.90. The molecular formula is C55H34N4S. The van der Waals surface area contributed by atoms with E-state index in [4.69, 9.17) is 4.99 Å². The molecule has 1 atom stereocenters. The topological polar surface area (TPSA) is 33.7 Å². The van der Waals surface area contributed by atoms with Gasteiger partial charge in [0.15, 0.2) is 0 Å². The standard InChI is InChI=1S/C55H34N4S/c1-55(2)38-18-9-7-14-32(38)33-23-22-29(28-39(33)55)50-54(57-52-36-17-6-4-13-31(36)30-12-3-5-16-35(30)51(52)56-50)59-42-21-11-20-41-46(42)47-43(59)25-27-44-48(47)49-45(60-44)26-24-37-34-15-8-10-19-40(34)58(41)53(37)49/h3-28,54,57H,1-2H3. The highest BCUT2D eigenvalue weighted by molar-refractivity contribution is 7.26. The molecular weight excluding hydrogens is 749 g/mol. The van der Waals surface area contributed by atoms with E-state index in [0.29, 0.717) is 0 Å². The molecule has 0 saturated heterocycles. The van der Waals surface area contributed by atoms with Crippen LogP contribution in [-0.4, -0.2) is 14.7 Å². The molecule has 0 bridgehead atoms. The van der Waals surface area contributed by atoms with Crippen molar-refractivity contribution in [3.05, 3.63) is 174 Å². The maximum absolute atomic E-state index is 5.90. The predicted molar refractivity (Wildman–Crippen MR) is 255 cm³/mol. The Kier molecular flexibility index (Phi) is 5.66. The molecule has 2 aliphatic rings. The fourth-order valence-corrected chi connectivity index (χ4v) is 12.8. The van der Waals surface area contributed by atoms with Gasteiger partial charge in [-0.2, -0.15) is 0 Å². The summed E-state index contributed by atoms with van der Waals surface area (Å²) in [6.45, 7) is 4.74. The molecule has 0 radical (unpaired) electrons. The lowest BCUT2D eigenvalue weighted by Crippen LogP contribution is -2.30. The Balaban J connectivity index is 1.10. The zero-order valence-corrected chi connectivity index (χ0v) is 33.7. The van der Waals surface area contributed by atoms with Crippen molar-refractivity contribution < 1.29 is 0 Å². The van der Waals surface area contributed by atoms with Gasteiger partial charge in [0.2, 0.25) is 0 Å². The van der Waals surface area contributed by atoms with Crippen molar-refractivity contribution in [1.29, 1.82) is 0 Å². The van der Waals surface area contributed by atoms with Crippen molar-refractivity contribution >= 4 is 119 Å². The van der Waals surface area contributed by atoms with E-state index in [1.165, 1.54) is 108 Å². The quantitative estimate of drug-likeness (QED) is 0.174. The number of nitrogens with zero attached hydrogens (tertiary/aromatic N) is 3. The summed E-state index contributed by atoms with van der Waals surface area (Å²) >= 11 is 1.91. The number of thiophene rings is 1. The minimum atomic E-state index is -0.315. The Morgan fingerprint density at radius 1 is 0.517 bits per heavy atom. The van der Waals surface area contributed by atoms with Crippen molar-refractivity contribution in [3.63, 3.8) is 0 Å². The summed E-state index contributed by atoms with van der Waals surface area (Å²) in [5, 5.41) is 17.0. The molecule has 1 aliphatic carbocycles. The normalized spacial score (nSPS) is 16.0. The lowest BCUT2D eigenvalue weighted by atomic mass is 9.81. The highest BCUT2D eigenvalue weighted by Crippen LogP contribution is 2.53. The second-order valence-corrected chi connectivity index (χ2v) is 18.5. The molecule has 1 unspecified atom stereocenters. The van der Waals surface area contributed by atoms with E-state index in [2.05, 4.69) is 186 Å². The monoisotopic (exact) mass is 782 g/mol. The fraction of sp³-hybridized carbons (Fsp3) is 0.0727.